The number of carbonyl (C=O) groups is 1. The number of benzene rings is 1. The quantitative estimate of drug-likeness (QED) is 0.603. The third-order valence-electron chi connectivity index (χ3n) is 1.98. The fourth-order valence-corrected chi connectivity index (χ4v) is 1.51. The van der Waals surface area contributed by atoms with Crippen molar-refractivity contribution in [3.05, 3.63) is 34.3 Å². The van der Waals surface area contributed by atoms with E-state index in [0.29, 0.717) is 17.2 Å². The molecule has 1 rings (SSSR count). The summed E-state index contributed by atoms with van der Waals surface area (Å²) in [4.78, 5) is 11.3. The Bertz CT molecular complexity index is 364. The minimum absolute atomic E-state index is 0.321. The highest BCUT2D eigenvalue weighted by Crippen LogP contribution is 2.26. The summed E-state index contributed by atoms with van der Waals surface area (Å²) in [5, 5.41) is -0.189. The van der Waals surface area contributed by atoms with Crippen LogP contribution in [-0.4, -0.2) is 12.6 Å². The number of carbonyl (C=O) groups excluding carboxylic acids is 1. The van der Waals surface area contributed by atoms with Gasteiger partial charge in [-0.15, -0.1) is 11.6 Å². The first-order chi connectivity index (χ1) is 7.06. The van der Waals surface area contributed by atoms with Crippen LogP contribution in [0.5, 0.6) is 0 Å². The second kappa shape index (κ2) is 5.38. The van der Waals surface area contributed by atoms with E-state index in [1.165, 1.54) is 0 Å². The van der Waals surface area contributed by atoms with Crippen molar-refractivity contribution in [1.82, 2.24) is 0 Å². The summed E-state index contributed by atoms with van der Waals surface area (Å²) in [7, 11) is 0. The molecule has 0 spiro atoms. The zero-order valence-electron chi connectivity index (χ0n) is 8.59. The standard InChI is InChI=1S/C11H12Cl2O2/c1-3-15-11(14)10(13)8-5-4-7(2)9(12)6-8/h4-6,10H,3H2,1-2H3. The van der Waals surface area contributed by atoms with Crippen LogP contribution in [0.15, 0.2) is 18.2 Å². The summed E-state index contributed by atoms with van der Waals surface area (Å²) in [5.41, 5.74) is 1.61. The lowest BCUT2D eigenvalue weighted by molar-refractivity contribution is -0.142. The zero-order chi connectivity index (χ0) is 11.4. The number of alkyl halides is 1. The van der Waals surface area contributed by atoms with Gasteiger partial charge in [0.05, 0.1) is 6.61 Å². The SMILES string of the molecule is CCOC(=O)C(Cl)c1ccc(C)c(Cl)c1. The fourth-order valence-electron chi connectivity index (χ4n) is 1.12. The first kappa shape index (κ1) is 12.3. The highest BCUT2D eigenvalue weighted by atomic mass is 35.5. The molecule has 0 aliphatic heterocycles. The molecule has 0 aromatic heterocycles. The number of hydrogen-bond donors (Lipinski definition) is 0. The van der Waals surface area contributed by atoms with E-state index in [1.54, 1.807) is 19.1 Å². The molecule has 0 amide bonds. The molecule has 4 heteroatoms. The monoisotopic (exact) mass is 246 g/mol. The third kappa shape index (κ3) is 3.11. The number of esters is 1. The Balaban J connectivity index is 2.86. The summed E-state index contributed by atoms with van der Waals surface area (Å²) < 4.78 is 4.81. The molecule has 0 fully saturated rings. The predicted octanol–water partition coefficient (Wildman–Crippen LogP) is 3.49. The summed E-state index contributed by atoms with van der Waals surface area (Å²) in [6, 6.07) is 5.29. The molecular weight excluding hydrogens is 235 g/mol. The van der Waals surface area contributed by atoms with Crippen LogP contribution in [0.4, 0.5) is 0 Å². The maximum absolute atomic E-state index is 11.3. The Labute approximate surface area is 99.1 Å². The van der Waals surface area contributed by atoms with Crippen molar-refractivity contribution in [2.75, 3.05) is 6.61 Å². The van der Waals surface area contributed by atoms with E-state index in [4.69, 9.17) is 27.9 Å². The maximum Gasteiger partial charge on any atom is 0.328 e. The average Bonchev–Trinajstić information content (AvgIpc) is 2.21. The second-order valence-electron chi connectivity index (χ2n) is 3.12. The molecule has 82 valence electrons. The van der Waals surface area contributed by atoms with Crippen molar-refractivity contribution in [2.45, 2.75) is 19.2 Å². The number of aryl methyl sites for hydroxylation is 1. The number of rotatable bonds is 3. The lowest BCUT2D eigenvalue weighted by atomic mass is 10.1. The Morgan fingerprint density at radius 1 is 1.53 bits per heavy atom. The van der Waals surface area contributed by atoms with E-state index in [2.05, 4.69) is 0 Å². The van der Waals surface area contributed by atoms with Gasteiger partial charge in [0.15, 0.2) is 5.38 Å². The molecule has 0 radical (unpaired) electrons. The molecular formula is C11H12Cl2O2. The Morgan fingerprint density at radius 3 is 2.73 bits per heavy atom. The van der Waals surface area contributed by atoms with E-state index >= 15 is 0 Å². The molecule has 1 aromatic rings. The van der Waals surface area contributed by atoms with Crippen LogP contribution in [0, 0.1) is 6.92 Å². The average molecular weight is 247 g/mol. The van der Waals surface area contributed by atoms with Gasteiger partial charge in [-0.3, -0.25) is 4.79 Å². The van der Waals surface area contributed by atoms with E-state index in [0.717, 1.165) is 5.56 Å². The molecule has 0 saturated heterocycles. The summed E-state index contributed by atoms with van der Waals surface area (Å²) in [5.74, 6) is -0.445. The van der Waals surface area contributed by atoms with Crippen molar-refractivity contribution >= 4 is 29.2 Å². The maximum atomic E-state index is 11.3. The van der Waals surface area contributed by atoms with Gasteiger partial charge in [0.25, 0.3) is 0 Å². The van der Waals surface area contributed by atoms with Crippen LogP contribution in [-0.2, 0) is 9.53 Å². The number of ether oxygens (including phenoxy) is 1. The van der Waals surface area contributed by atoms with Crippen molar-refractivity contribution in [1.29, 1.82) is 0 Å². The van der Waals surface area contributed by atoms with E-state index in [1.807, 2.05) is 13.0 Å². The van der Waals surface area contributed by atoms with E-state index < -0.39 is 11.3 Å². The van der Waals surface area contributed by atoms with E-state index in [9.17, 15) is 4.79 Å². The van der Waals surface area contributed by atoms with Gasteiger partial charge in [-0.1, -0.05) is 23.7 Å². The van der Waals surface area contributed by atoms with Gasteiger partial charge in [0, 0.05) is 5.02 Å². The van der Waals surface area contributed by atoms with Crippen LogP contribution >= 0.6 is 23.2 Å². The van der Waals surface area contributed by atoms with Gasteiger partial charge in [0.1, 0.15) is 0 Å². The molecule has 0 heterocycles. The molecule has 1 aromatic carbocycles. The van der Waals surface area contributed by atoms with E-state index in [-0.39, 0.29) is 0 Å². The first-order valence-corrected chi connectivity index (χ1v) is 5.44. The van der Waals surface area contributed by atoms with Gasteiger partial charge in [-0.2, -0.15) is 0 Å². The zero-order valence-corrected chi connectivity index (χ0v) is 10.1. The Morgan fingerprint density at radius 2 is 2.20 bits per heavy atom. The van der Waals surface area contributed by atoms with Crippen molar-refractivity contribution in [2.24, 2.45) is 0 Å². The summed E-state index contributed by atoms with van der Waals surface area (Å²) in [6.45, 7) is 3.95. The second-order valence-corrected chi connectivity index (χ2v) is 3.97. The lowest BCUT2D eigenvalue weighted by Gasteiger charge is -2.09. The van der Waals surface area contributed by atoms with Gasteiger partial charge in [0.2, 0.25) is 0 Å². The Kier molecular flexibility index (Phi) is 4.43. The van der Waals surface area contributed by atoms with Crippen molar-refractivity contribution in [3.8, 4) is 0 Å². The minimum atomic E-state index is -0.789. The largest absolute Gasteiger partial charge is 0.465 e. The normalized spacial score (nSPS) is 12.3. The molecule has 0 saturated carbocycles. The van der Waals surface area contributed by atoms with Crippen LogP contribution in [0.25, 0.3) is 0 Å². The highest BCUT2D eigenvalue weighted by Gasteiger charge is 2.19. The first-order valence-electron chi connectivity index (χ1n) is 4.63. The van der Waals surface area contributed by atoms with Gasteiger partial charge in [-0.05, 0) is 31.0 Å². The fraction of sp³-hybridized carbons (Fsp3) is 0.364. The van der Waals surface area contributed by atoms with Crippen LogP contribution < -0.4 is 0 Å². The summed E-state index contributed by atoms with van der Waals surface area (Å²) in [6.07, 6.45) is 0. The van der Waals surface area contributed by atoms with Crippen molar-refractivity contribution in [3.63, 3.8) is 0 Å². The van der Waals surface area contributed by atoms with Gasteiger partial charge < -0.3 is 4.74 Å². The Hall–Kier alpha value is -0.730. The van der Waals surface area contributed by atoms with Crippen LogP contribution in [0.1, 0.15) is 23.4 Å². The molecule has 0 bridgehead atoms. The third-order valence-corrected chi connectivity index (χ3v) is 2.82. The van der Waals surface area contributed by atoms with Crippen LogP contribution in [0.2, 0.25) is 5.02 Å². The molecule has 2 nitrogen and oxygen atoms in total. The number of halogens is 2. The smallest absolute Gasteiger partial charge is 0.328 e. The molecule has 1 atom stereocenters. The number of hydrogen-bond acceptors (Lipinski definition) is 2. The molecule has 0 aliphatic rings. The molecule has 0 aliphatic carbocycles. The molecule has 0 N–H and O–H groups in total. The highest BCUT2D eigenvalue weighted by molar-refractivity contribution is 6.32. The molecule has 1 unspecified atom stereocenters. The lowest BCUT2D eigenvalue weighted by Crippen LogP contribution is -2.11. The van der Waals surface area contributed by atoms with Gasteiger partial charge >= 0.3 is 5.97 Å². The van der Waals surface area contributed by atoms with Crippen molar-refractivity contribution < 1.29 is 9.53 Å². The summed E-state index contributed by atoms with van der Waals surface area (Å²) >= 11 is 11.9. The molecule has 15 heavy (non-hydrogen) atoms. The minimum Gasteiger partial charge on any atom is -0.465 e. The topological polar surface area (TPSA) is 26.3 Å². The van der Waals surface area contributed by atoms with Gasteiger partial charge in [-0.25, -0.2) is 0 Å². The predicted molar refractivity (Wildman–Crippen MR) is 61.4 cm³/mol. The van der Waals surface area contributed by atoms with Crippen LogP contribution in [0.3, 0.4) is 0 Å².